The van der Waals surface area contributed by atoms with Crippen molar-refractivity contribution in [2.75, 3.05) is 38.1 Å². The van der Waals surface area contributed by atoms with E-state index in [9.17, 15) is 18.7 Å². The van der Waals surface area contributed by atoms with Crippen molar-refractivity contribution in [1.29, 1.82) is 0 Å². The van der Waals surface area contributed by atoms with Crippen LogP contribution >= 0.6 is 0 Å². The van der Waals surface area contributed by atoms with Crippen molar-refractivity contribution in [3.05, 3.63) is 150 Å². The summed E-state index contributed by atoms with van der Waals surface area (Å²) in [6, 6.07) is 40.7. The van der Waals surface area contributed by atoms with Gasteiger partial charge in [0.15, 0.2) is 0 Å². The summed E-state index contributed by atoms with van der Waals surface area (Å²) < 4.78 is 40.8. The van der Waals surface area contributed by atoms with Gasteiger partial charge in [0.1, 0.15) is 35.8 Å². The van der Waals surface area contributed by atoms with E-state index in [0.29, 0.717) is 31.9 Å². The highest BCUT2D eigenvalue weighted by atomic mass is 28.4. The lowest BCUT2D eigenvalue weighted by molar-refractivity contribution is 0.106. The summed E-state index contributed by atoms with van der Waals surface area (Å²) >= 11 is 0. The SMILES string of the molecule is CC(C)(C)[Si](Oc1ccc(OCC(O)CNCCc2ccc(NC3CCN(C(=O)NCc4c(F)cccc4F)CC3)cc2)cc1)(c1ccccc1)c1ccccc1. The van der Waals surface area contributed by atoms with Gasteiger partial charge < -0.3 is 35.1 Å². The van der Waals surface area contributed by atoms with Crippen molar-refractivity contribution in [1.82, 2.24) is 15.5 Å². The number of halogens is 2. The van der Waals surface area contributed by atoms with E-state index in [1.807, 2.05) is 36.4 Å². The summed E-state index contributed by atoms with van der Waals surface area (Å²) in [5, 5.41) is 22.4. The number of hydrogen-bond acceptors (Lipinski definition) is 6. The molecule has 1 atom stereocenters. The van der Waals surface area contributed by atoms with Crippen molar-refractivity contribution >= 4 is 30.4 Å². The van der Waals surface area contributed by atoms with E-state index in [4.69, 9.17) is 9.16 Å². The Balaban J connectivity index is 0.894. The van der Waals surface area contributed by atoms with Crippen LogP contribution in [-0.4, -0.2) is 69.3 Å². The maximum absolute atomic E-state index is 13.9. The molecule has 8 nitrogen and oxygen atoms in total. The van der Waals surface area contributed by atoms with E-state index in [2.05, 4.69) is 110 Å². The van der Waals surface area contributed by atoms with Crippen molar-refractivity contribution in [3.8, 4) is 11.5 Å². The zero-order valence-corrected chi connectivity index (χ0v) is 34.0. The van der Waals surface area contributed by atoms with Gasteiger partial charge in [0.25, 0.3) is 0 Å². The Morgan fingerprint density at radius 2 is 1.39 bits per heavy atom. The largest absolute Gasteiger partial charge is 0.534 e. The molecule has 1 saturated heterocycles. The summed E-state index contributed by atoms with van der Waals surface area (Å²) in [4.78, 5) is 14.3. The zero-order valence-electron chi connectivity index (χ0n) is 33.0. The number of aliphatic hydroxyl groups excluding tert-OH is 1. The molecule has 57 heavy (non-hydrogen) atoms. The number of rotatable bonds is 16. The van der Waals surface area contributed by atoms with E-state index in [0.717, 1.165) is 30.7 Å². The Morgan fingerprint density at radius 3 is 1.96 bits per heavy atom. The van der Waals surface area contributed by atoms with Crippen LogP contribution in [0.25, 0.3) is 0 Å². The molecule has 6 rings (SSSR count). The number of nitrogens with zero attached hydrogens (tertiary/aromatic N) is 1. The molecule has 1 fully saturated rings. The Kier molecular flexibility index (Phi) is 14.0. The van der Waals surface area contributed by atoms with Crippen LogP contribution in [-0.2, 0) is 13.0 Å². The molecule has 0 bridgehead atoms. The molecular weight excluding hydrogens is 739 g/mol. The van der Waals surface area contributed by atoms with Gasteiger partial charge in [-0.2, -0.15) is 0 Å². The molecule has 1 unspecified atom stereocenters. The van der Waals surface area contributed by atoms with Crippen LogP contribution in [0.3, 0.4) is 0 Å². The van der Waals surface area contributed by atoms with Crippen molar-refractivity contribution in [2.24, 2.45) is 0 Å². The number of nitrogens with one attached hydrogen (secondary N) is 3. The van der Waals surface area contributed by atoms with Crippen molar-refractivity contribution in [2.45, 2.75) is 63.8 Å². The Hall–Kier alpha value is -5.23. The molecule has 4 N–H and O–H groups in total. The Bertz CT molecular complexity index is 1950. The van der Waals surface area contributed by atoms with Gasteiger partial charge in [-0.15, -0.1) is 0 Å². The van der Waals surface area contributed by atoms with Crippen LogP contribution in [0.15, 0.2) is 127 Å². The van der Waals surface area contributed by atoms with E-state index < -0.39 is 26.1 Å². The number of carbonyl (C=O) groups excluding carboxylic acids is 1. The van der Waals surface area contributed by atoms with Gasteiger partial charge in [0.05, 0.1) is 6.54 Å². The second-order valence-corrected chi connectivity index (χ2v) is 19.8. The highest BCUT2D eigenvalue weighted by molar-refractivity contribution is 7.00. The summed E-state index contributed by atoms with van der Waals surface area (Å²) in [5.41, 5.74) is 2.05. The minimum absolute atomic E-state index is 0.137. The van der Waals surface area contributed by atoms with Crippen LogP contribution in [0.2, 0.25) is 5.04 Å². The summed E-state index contributed by atoms with van der Waals surface area (Å²) in [6.07, 6.45) is 1.67. The number of urea groups is 1. The zero-order chi connectivity index (χ0) is 40.3. The summed E-state index contributed by atoms with van der Waals surface area (Å²) in [5.74, 6) is 0.115. The van der Waals surface area contributed by atoms with Crippen LogP contribution in [0.4, 0.5) is 19.3 Å². The van der Waals surface area contributed by atoms with E-state index in [-0.39, 0.29) is 35.8 Å². The van der Waals surface area contributed by atoms with E-state index >= 15 is 0 Å². The highest BCUT2D eigenvalue weighted by Gasteiger charge is 2.52. The molecule has 0 aliphatic carbocycles. The molecule has 1 heterocycles. The topological polar surface area (TPSA) is 95.1 Å². The van der Waals surface area contributed by atoms with Gasteiger partial charge in [-0.05, 0) is 95.3 Å². The predicted molar refractivity (Wildman–Crippen MR) is 226 cm³/mol. The number of benzene rings is 5. The second-order valence-electron chi connectivity index (χ2n) is 15.6. The fourth-order valence-corrected chi connectivity index (χ4v) is 11.8. The first-order valence-electron chi connectivity index (χ1n) is 19.7. The molecule has 1 aliphatic heterocycles. The molecule has 5 aromatic rings. The lowest BCUT2D eigenvalue weighted by Crippen LogP contribution is -2.68. The number of hydrogen-bond donors (Lipinski definition) is 4. The number of anilines is 1. The molecule has 1 aliphatic rings. The standard InChI is InChI=1S/C46H54F2N4O4Si/c1-46(2,3)57(40-11-6-4-7-12-40,41-13-8-5-9-14-41)56-39-23-21-38(22-24-39)55-33-37(53)31-49-28-25-34-17-19-35(20-18-34)51-36-26-29-52(30-27-36)45(54)50-32-42-43(47)15-10-16-44(42)48/h4-24,36-37,49,51,53H,25-33H2,1-3H3,(H,50,54). The number of piperidine rings is 1. The normalized spacial score (nSPS) is 14.2. The van der Waals surface area contributed by atoms with Gasteiger partial charge in [0.2, 0.25) is 0 Å². The smallest absolute Gasteiger partial charge is 0.319 e. The minimum Gasteiger partial charge on any atom is -0.534 e. The quantitative estimate of drug-likeness (QED) is 0.0621. The average Bonchev–Trinajstić information content (AvgIpc) is 3.22. The van der Waals surface area contributed by atoms with Gasteiger partial charge >= 0.3 is 14.3 Å². The minimum atomic E-state index is -2.74. The molecule has 0 saturated carbocycles. The maximum Gasteiger partial charge on any atom is 0.319 e. The molecule has 300 valence electrons. The van der Waals surface area contributed by atoms with Crippen LogP contribution in [0.5, 0.6) is 11.5 Å². The number of ether oxygens (including phenoxy) is 1. The number of amides is 2. The monoisotopic (exact) mass is 792 g/mol. The predicted octanol–water partition coefficient (Wildman–Crippen LogP) is 7.26. The molecule has 0 spiro atoms. The van der Waals surface area contributed by atoms with Gasteiger partial charge in [-0.25, -0.2) is 13.6 Å². The summed E-state index contributed by atoms with van der Waals surface area (Å²) in [6.45, 7) is 8.96. The van der Waals surface area contributed by atoms with Gasteiger partial charge in [-0.3, -0.25) is 0 Å². The van der Waals surface area contributed by atoms with Crippen LogP contribution in [0.1, 0.15) is 44.7 Å². The second kappa shape index (κ2) is 19.3. The third kappa shape index (κ3) is 10.8. The van der Waals surface area contributed by atoms with Gasteiger partial charge in [-0.1, -0.05) is 99.6 Å². The van der Waals surface area contributed by atoms with Crippen molar-refractivity contribution < 1.29 is 27.8 Å². The van der Waals surface area contributed by atoms with E-state index in [1.165, 1.54) is 34.1 Å². The average molecular weight is 793 g/mol. The maximum atomic E-state index is 13.9. The van der Waals surface area contributed by atoms with E-state index in [1.54, 1.807) is 4.90 Å². The molecule has 0 aromatic heterocycles. The number of aliphatic hydroxyl groups is 1. The van der Waals surface area contributed by atoms with Crippen molar-refractivity contribution in [3.63, 3.8) is 0 Å². The summed E-state index contributed by atoms with van der Waals surface area (Å²) in [7, 11) is -2.74. The molecular formula is C46H54F2N4O4Si. The Labute approximate surface area is 336 Å². The molecule has 2 amide bonds. The van der Waals surface area contributed by atoms with Crippen LogP contribution in [0, 0.1) is 11.6 Å². The fourth-order valence-electron chi connectivity index (χ4n) is 7.39. The number of likely N-dealkylation sites (tertiary alicyclic amines) is 1. The first kappa shape index (κ1) is 41.4. The number of carbonyl (C=O) groups is 1. The first-order chi connectivity index (χ1) is 27.5. The lowest BCUT2D eigenvalue weighted by atomic mass is 10.0. The van der Waals surface area contributed by atoms with Crippen LogP contribution < -0.4 is 35.5 Å². The Morgan fingerprint density at radius 1 is 0.807 bits per heavy atom. The third-order valence-electron chi connectivity index (χ3n) is 10.5. The molecule has 5 aromatic carbocycles. The first-order valence-corrected chi connectivity index (χ1v) is 21.7. The molecule has 0 radical (unpaired) electrons. The highest BCUT2D eigenvalue weighted by Crippen LogP contribution is 2.38. The molecule has 11 heteroatoms. The fraction of sp³-hybridized carbons (Fsp3) is 0.326. The third-order valence-corrected chi connectivity index (χ3v) is 15.5. The van der Waals surface area contributed by atoms with Gasteiger partial charge in [0, 0.05) is 36.9 Å². The lowest BCUT2D eigenvalue weighted by Gasteiger charge is -2.43.